The molecule has 3 nitrogen and oxygen atoms in total. The zero-order chi connectivity index (χ0) is 7.11. The molecule has 0 aromatic heterocycles. The normalized spacial score (nSPS) is 13.1. The van der Waals surface area contributed by atoms with Crippen molar-refractivity contribution in [2.24, 2.45) is 0 Å². The van der Waals surface area contributed by atoms with Crippen LogP contribution in [0, 0.1) is 6.92 Å². The second-order valence-corrected chi connectivity index (χ2v) is 1.45. The molecule has 1 atom stereocenters. The van der Waals surface area contributed by atoms with Crippen molar-refractivity contribution in [2.45, 2.75) is 13.0 Å². The van der Waals surface area contributed by atoms with E-state index >= 15 is 0 Å². The van der Waals surface area contributed by atoms with Gasteiger partial charge in [0, 0.05) is 6.61 Å². The SMILES string of the molecule is [CH2]C(C=O)OCOCC. The highest BCUT2D eigenvalue weighted by atomic mass is 16.7. The van der Waals surface area contributed by atoms with Crippen molar-refractivity contribution in [3.63, 3.8) is 0 Å². The van der Waals surface area contributed by atoms with Gasteiger partial charge in [-0.15, -0.1) is 0 Å². The number of carbonyl (C=O) groups excluding carboxylic acids is 1. The van der Waals surface area contributed by atoms with E-state index in [0.717, 1.165) is 0 Å². The van der Waals surface area contributed by atoms with E-state index in [0.29, 0.717) is 12.9 Å². The Morgan fingerprint density at radius 3 is 2.89 bits per heavy atom. The Morgan fingerprint density at radius 2 is 2.44 bits per heavy atom. The summed E-state index contributed by atoms with van der Waals surface area (Å²) >= 11 is 0. The zero-order valence-corrected chi connectivity index (χ0v) is 5.50. The van der Waals surface area contributed by atoms with Crippen molar-refractivity contribution in [2.75, 3.05) is 13.4 Å². The highest BCUT2D eigenvalue weighted by Gasteiger charge is 1.95. The Balaban J connectivity index is 2.96. The molecule has 0 amide bonds. The maximum absolute atomic E-state index is 9.86. The fraction of sp³-hybridized carbons (Fsp3) is 0.667. The molecular weight excluding hydrogens is 120 g/mol. The Morgan fingerprint density at radius 1 is 1.78 bits per heavy atom. The molecule has 0 heterocycles. The van der Waals surface area contributed by atoms with Crippen LogP contribution in [-0.2, 0) is 14.3 Å². The topological polar surface area (TPSA) is 35.5 Å². The van der Waals surface area contributed by atoms with E-state index in [1.165, 1.54) is 0 Å². The quantitative estimate of drug-likeness (QED) is 0.308. The van der Waals surface area contributed by atoms with Crippen LogP contribution in [-0.4, -0.2) is 25.8 Å². The fourth-order valence-electron chi connectivity index (χ4n) is 0.258. The highest BCUT2D eigenvalue weighted by molar-refractivity contribution is 5.56. The van der Waals surface area contributed by atoms with E-state index < -0.39 is 6.10 Å². The van der Waals surface area contributed by atoms with Crippen LogP contribution in [0.5, 0.6) is 0 Å². The van der Waals surface area contributed by atoms with E-state index in [9.17, 15) is 4.79 Å². The Hall–Kier alpha value is -0.410. The van der Waals surface area contributed by atoms with Crippen molar-refractivity contribution in [1.82, 2.24) is 0 Å². The molecule has 1 radical (unpaired) electrons. The fourth-order valence-corrected chi connectivity index (χ4v) is 0.258. The molecule has 0 aliphatic carbocycles. The van der Waals surface area contributed by atoms with Crippen LogP contribution < -0.4 is 0 Å². The van der Waals surface area contributed by atoms with Gasteiger partial charge in [0.15, 0.2) is 0 Å². The van der Waals surface area contributed by atoms with Gasteiger partial charge in [-0.2, -0.15) is 0 Å². The Kier molecular flexibility index (Phi) is 5.46. The summed E-state index contributed by atoms with van der Waals surface area (Å²) in [5.74, 6) is 0. The minimum atomic E-state index is -0.600. The van der Waals surface area contributed by atoms with Gasteiger partial charge in [-0.05, 0) is 13.8 Å². The van der Waals surface area contributed by atoms with E-state index in [1.54, 1.807) is 0 Å². The largest absolute Gasteiger partial charge is 0.356 e. The summed E-state index contributed by atoms with van der Waals surface area (Å²) in [5.41, 5.74) is 0. The molecule has 0 fully saturated rings. The summed E-state index contributed by atoms with van der Waals surface area (Å²) in [6, 6.07) is 0. The molecule has 0 saturated carbocycles. The van der Waals surface area contributed by atoms with Gasteiger partial charge in [0.25, 0.3) is 0 Å². The number of hydrogen-bond donors (Lipinski definition) is 0. The summed E-state index contributed by atoms with van der Waals surface area (Å²) in [6.45, 7) is 5.94. The van der Waals surface area contributed by atoms with Crippen molar-refractivity contribution in [3.05, 3.63) is 6.92 Å². The second-order valence-electron chi connectivity index (χ2n) is 1.45. The van der Waals surface area contributed by atoms with Gasteiger partial charge in [0.05, 0.1) is 0 Å². The molecule has 0 rings (SSSR count). The highest BCUT2D eigenvalue weighted by Crippen LogP contribution is 1.84. The molecule has 53 valence electrons. The molecule has 3 heteroatoms. The van der Waals surface area contributed by atoms with Gasteiger partial charge in [0.2, 0.25) is 0 Å². The second kappa shape index (κ2) is 5.72. The summed E-state index contributed by atoms with van der Waals surface area (Å²) in [6.07, 6.45) is 0.0236. The number of carbonyl (C=O) groups is 1. The molecule has 0 saturated heterocycles. The molecule has 0 aliphatic rings. The number of rotatable bonds is 5. The van der Waals surface area contributed by atoms with Gasteiger partial charge in [-0.25, -0.2) is 0 Å². The minimum Gasteiger partial charge on any atom is -0.356 e. The molecule has 9 heavy (non-hydrogen) atoms. The van der Waals surface area contributed by atoms with E-state index in [-0.39, 0.29) is 6.79 Å². The number of aldehydes is 1. The molecule has 0 aromatic carbocycles. The van der Waals surface area contributed by atoms with Gasteiger partial charge in [0.1, 0.15) is 19.2 Å². The van der Waals surface area contributed by atoms with Gasteiger partial charge < -0.3 is 14.3 Å². The van der Waals surface area contributed by atoms with E-state index in [2.05, 4.69) is 6.92 Å². The lowest BCUT2D eigenvalue weighted by Gasteiger charge is -2.04. The first-order valence-corrected chi connectivity index (χ1v) is 2.79. The van der Waals surface area contributed by atoms with E-state index in [1.807, 2.05) is 6.92 Å². The van der Waals surface area contributed by atoms with Crippen LogP contribution in [0.1, 0.15) is 6.92 Å². The molecule has 0 N–H and O–H groups in total. The Bertz CT molecular complexity index is 72.7. The molecule has 0 bridgehead atoms. The van der Waals surface area contributed by atoms with Crippen LogP contribution in [0.15, 0.2) is 0 Å². The van der Waals surface area contributed by atoms with Gasteiger partial charge in [-0.1, -0.05) is 0 Å². The van der Waals surface area contributed by atoms with Crippen LogP contribution in [0.25, 0.3) is 0 Å². The van der Waals surface area contributed by atoms with Crippen LogP contribution in [0.2, 0.25) is 0 Å². The van der Waals surface area contributed by atoms with Crippen molar-refractivity contribution < 1.29 is 14.3 Å². The summed E-state index contributed by atoms with van der Waals surface area (Å²) in [7, 11) is 0. The monoisotopic (exact) mass is 131 g/mol. The first kappa shape index (κ1) is 8.59. The predicted octanol–water partition coefficient (Wildman–Crippen LogP) is 0.399. The van der Waals surface area contributed by atoms with Crippen molar-refractivity contribution in [1.29, 1.82) is 0 Å². The van der Waals surface area contributed by atoms with Gasteiger partial charge >= 0.3 is 0 Å². The first-order chi connectivity index (χ1) is 4.31. The lowest BCUT2D eigenvalue weighted by Crippen LogP contribution is -2.12. The van der Waals surface area contributed by atoms with Crippen LogP contribution in [0.4, 0.5) is 0 Å². The third-order valence-electron chi connectivity index (χ3n) is 0.721. The van der Waals surface area contributed by atoms with Crippen LogP contribution in [0.3, 0.4) is 0 Å². The number of ether oxygens (including phenoxy) is 2. The minimum absolute atomic E-state index is 0.142. The molecule has 1 unspecified atom stereocenters. The van der Waals surface area contributed by atoms with Gasteiger partial charge in [-0.3, -0.25) is 0 Å². The summed E-state index contributed by atoms with van der Waals surface area (Å²) < 4.78 is 9.52. The van der Waals surface area contributed by atoms with E-state index in [4.69, 9.17) is 9.47 Å². The first-order valence-electron chi connectivity index (χ1n) is 2.79. The molecular formula is C6H11O3. The average molecular weight is 131 g/mol. The smallest absolute Gasteiger partial charge is 0.148 e. The zero-order valence-electron chi connectivity index (χ0n) is 5.50. The Labute approximate surface area is 55.0 Å². The number of hydrogen-bond acceptors (Lipinski definition) is 3. The average Bonchev–Trinajstić information content (AvgIpc) is 1.89. The third kappa shape index (κ3) is 5.46. The maximum atomic E-state index is 9.86. The van der Waals surface area contributed by atoms with Crippen molar-refractivity contribution >= 4 is 6.29 Å². The predicted molar refractivity (Wildman–Crippen MR) is 32.8 cm³/mol. The van der Waals surface area contributed by atoms with Crippen molar-refractivity contribution in [3.8, 4) is 0 Å². The molecule has 0 aromatic rings. The lowest BCUT2D eigenvalue weighted by atomic mass is 10.5. The van der Waals surface area contributed by atoms with Crippen LogP contribution >= 0.6 is 0 Å². The summed E-state index contributed by atoms with van der Waals surface area (Å²) in [4.78, 5) is 9.86. The molecule has 0 spiro atoms. The lowest BCUT2D eigenvalue weighted by molar-refractivity contribution is -0.125. The molecule has 0 aliphatic heterocycles. The maximum Gasteiger partial charge on any atom is 0.148 e. The third-order valence-corrected chi connectivity index (χ3v) is 0.721. The summed E-state index contributed by atoms with van der Waals surface area (Å²) in [5, 5.41) is 0. The standard InChI is InChI=1S/C6H11O3/c1-3-8-5-9-6(2)4-7/h4,6H,2-3,5H2,1H3.